The van der Waals surface area contributed by atoms with Crippen LogP contribution in [0.5, 0.6) is 11.5 Å². The number of alkyl halides is 6. The van der Waals surface area contributed by atoms with E-state index in [1.54, 1.807) is 0 Å². The molecule has 141 valence electrons. The summed E-state index contributed by atoms with van der Waals surface area (Å²) >= 11 is 0. The fraction of sp³-hybridized carbons (Fsp3) is 0.125. The molecule has 2 aromatic rings. The van der Waals surface area contributed by atoms with Crippen molar-refractivity contribution in [2.75, 3.05) is 0 Å². The molecule has 0 atom stereocenters. The van der Waals surface area contributed by atoms with Gasteiger partial charge in [0.25, 0.3) is 0 Å². The SMILES string of the molecule is [CH2-]Oc1cccc(C(F)(F)F)c1.[CH2-]Oc1cccc(C(F)(F)F)c1.[Cu+2]. The summed E-state index contributed by atoms with van der Waals surface area (Å²) in [5.74, 6) is 0.203. The Morgan fingerprint density at radius 1 is 0.640 bits per heavy atom. The standard InChI is InChI=1S/2C8H6F3O.Cu/c2*1-12-7-4-2-3-6(5-7)8(9,10)11;/h2*2-5H,1H2;/q2*-1;+2. The summed E-state index contributed by atoms with van der Waals surface area (Å²) in [5.41, 5.74) is -1.47. The van der Waals surface area contributed by atoms with Crippen molar-refractivity contribution in [1.29, 1.82) is 0 Å². The minimum absolute atomic E-state index is 0. The molecular formula is C16H12CuF6O2. The van der Waals surface area contributed by atoms with Crippen LogP contribution in [0.3, 0.4) is 0 Å². The molecule has 0 bridgehead atoms. The Morgan fingerprint density at radius 3 is 1.20 bits per heavy atom. The Hall–Kier alpha value is -1.86. The van der Waals surface area contributed by atoms with E-state index in [0.717, 1.165) is 24.3 Å². The molecule has 0 aliphatic heterocycles. The van der Waals surface area contributed by atoms with Crippen LogP contribution < -0.4 is 9.47 Å². The van der Waals surface area contributed by atoms with Crippen LogP contribution in [-0.2, 0) is 29.4 Å². The quantitative estimate of drug-likeness (QED) is 0.354. The average molecular weight is 414 g/mol. The molecule has 0 spiro atoms. The van der Waals surface area contributed by atoms with Gasteiger partial charge in [-0.05, 0) is 36.4 Å². The van der Waals surface area contributed by atoms with Crippen LogP contribution in [-0.4, -0.2) is 0 Å². The number of rotatable bonds is 2. The molecule has 2 nitrogen and oxygen atoms in total. The molecule has 0 unspecified atom stereocenters. The van der Waals surface area contributed by atoms with Gasteiger partial charge in [0.15, 0.2) is 0 Å². The van der Waals surface area contributed by atoms with Crippen molar-refractivity contribution in [3.8, 4) is 11.5 Å². The normalized spacial score (nSPS) is 10.9. The Kier molecular flexibility index (Phi) is 8.87. The maximum absolute atomic E-state index is 12.0. The summed E-state index contributed by atoms with van der Waals surface area (Å²) < 4.78 is 81.0. The van der Waals surface area contributed by atoms with Gasteiger partial charge in [0.2, 0.25) is 0 Å². The second kappa shape index (κ2) is 9.58. The minimum Gasteiger partial charge on any atom is -0.665 e. The predicted molar refractivity (Wildman–Crippen MR) is 74.9 cm³/mol. The minimum atomic E-state index is -4.32. The summed E-state index contributed by atoms with van der Waals surface area (Å²) in [4.78, 5) is 0. The third-order valence-corrected chi connectivity index (χ3v) is 2.66. The first-order valence-electron chi connectivity index (χ1n) is 6.26. The summed E-state index contributed by atoms with van der Waals surface area (Å²) in [6, 6.07) is 9.09. The van der Waals surface area contributed by atoms with Gasteiger partial charge in [-0.1, -0.05) is 12.1 Å². The van der Waals surface area contributed by atoms with Gasteiger partial charge >= 0.3 is 29.4 Å². The molecule has 0 saturated heterocycles. The van der Waals surface area contributed by atoms with E-state index < -0.39 is 23.5 Å². The third-order valence-electron chi connectivity index (χ3n) is 2.66. The number of halogens is 6. The van der Waals surface area contributed by atoms with Crippen LogP contribution >= 0.6 is 0 Å². The molecule has 0 aromatic heterocycles. The third kappa shape index (κ3) is 7.70. The van der Waals surface area contributed by atoms with Gasteiger partial charge in [-0.3, -0.25) is 0 Å². The van der Waals surface area contributed by atoms with E-state index in [0.29, 0.717) is 0 Å². The second-order valence-corrected chi connectivity index (χ2v) is 4.34. The van der Waals surface area contributed by atoms with Crippen molar-refractivity contribution < 1.29 is 52.9 Å². The number of hydrogen-bond acceptors (Lipinski definition) is 2. The number of ether oxygens (including phenoxy) is 2. The zero-order chi connectivity index (χ0) is 18.4. The average Bonchev–Trinajstić information content (AvgIpc) is 2.54. The van der Waals surface area contributed by atoms with Crippen molar-refractivity contribution >= 4 is 0 Å². The largest absolute Gasteiger partial charge is 2.00 e. The number of hydrogen-bond donors (Lipinski definition) is 0. The zero-order valence-electron chi connectivity index (χ0n) is 12.4. The van der Waals surface area contributed by atoms with Crippen molar-refractivity contribution in [3.63, 3.8) is 0 Å². The van der Waals surface area contributed by atoms with Crippen molar-refractivity contribution in [1.82, 2.24) is 0 Å². The first kappa shape index (κ1) is 23.1. The van der Waals surface area contributed by atoms with Gasteiger partial charge < -0.3 is 9.47 Å². The first-order chi connectivity index (χ1) is 11.1. The van der Waals surface area contributed by atoms with Gasteiger partial charge in [0.05, 0.1) is 22.6 Å². The Morgan fingerprint density at radius 2 is 0.960 bits per heavy atom. The van der Waals surface area contributed by atoms with E-state index >= 15 is 0 Å². The molecule has 25 heavy (non-hydrogen) atoms. The fourth-order valence-electron chi connectivity index (χ4n) is 1.52. The van der Waals surface area contributed by atoms with Gasteiger partial charge in [0, 0.05) is 0 Å². The molecular weight excluding hydrogens is 402 g/mol. The zero-order valence-corrected chi connectivity index (χ0v) is 13.4. The van der Waals surface area contributed by atoms with Crippen LogP contribution in [0.1, 0.15) is 11.1 Å². The molecule has 1 radical (unpaired) electrons. The maximum atomic E-state index is 12.0. The van der Waals surface area contributed by atoms with Crippen molar-refractivity contribution in [2.24, 2.45) is 0 Å². The summed E-state index contributed by atoms with van der Waals surface area (Å²) in [6.45, 7) is 0. The molecule has 0 saturated carbocycles. The number of benzene rings is 2. The van der Waals surface area contributed by atoms with Crippen LogP contribution in [0, 0.1) is 14.2 Å². The molecule has 0 N–H and O–H groups in total. The fourth-order valence-corrected chi connectivity index (χ4v) is 1.52. The topological polar surface area (TPSA) is 18.5 Å². The monoisotopic (exact) mass is 413 g/mol. The Labute approximate surface area is 151 Å². The van der Waals surface area contributed by atoms with E-state index in [9.17, 15) is 26.3 Å². The molecule has 0 heterocycles. The maximum Gasteiger partial charge on any atom is 2.00 e. The smallest absolute Gasteiger partial charge is 0.665 e. The first-order valence-corrected chi connectivity index (χ1v) is 6.26. The van der Waals surface area contributed by atoms with Gasteiger partial charge in [-0.25, -0.2) is 0 Å². The van der Waals surface area contributed by atoms with Crippen LogP contribution in [0.15, 0.2) is 48.5 Å². The van der Waals surface area contributed by atoms with Crippen LogP contribution in [0.4, 0.5) is 26.3 Å². The van der Waals surface area contributed by atoms with Gasteiger partial charge in [-0.15, -0.1) is 0 Å². The van der Waals surface area contributed by atoms with Crippen molar-refractivity contribution in [3.05, 3.63) is 73.9 Å². The Bertz CT molecular complexity index is 598. The van der Waals surface area contributed by atoms with Crippen LogP contribution in [0.25, 0.3) is 0 Å². The van der Waals surface area contributed by atoms with E-state index in [-0.39, 0.29) is 28.6 Å². The Balaban J connectivity index is 0.000000443. The van der Waals surface area contributed by atoms with Gasteiger partial charge in [-0.2, -0.15) is 40.6 Å². The summed E-state index contributed by atoms with van der Waals surface area (Å²) in [5, 5.41) is 0. The predicted octanol–water partition coefficient (Wildman–Crippen LogP) is 5.75. The van der Waals surface area contributed by atoms with E-state index in [2.05, 4.69) is 23.7 Å². The summed E-state index contributed by atoms with van der Waals surface area (Å²) in [7, 11) is 6.02. The van der Waals surface area contributed by atoms with E-state index in [1.807, 2.05) is 0 Å². The van der Waals surface area contributed by atoms with E-state index in [1.165, 1.54) is 24.3 Å². The molecule has 0 fully saturated rings. The second-order valence-electron chi connectivity index (χ2n) is 4.34. The summed E-state index contributed by atoms with van der Waals surface area (Å²) in [6.07, 6.45) is -8.65. The van der Waals surface area contributed by atoms with E-state index in [4.69, 9.17) is 0 Å². The molecule has 0 aliphatic rings. The molecule has 2 rings (SSSR count). The molecule has 9 heteroatoms. The van der Waals surface area contributed by atoms with Crippen LogP contribution in [0.2, 0.25) is 0 Å². The molecule has 0 amide bonds. The van der Waals surface area contributed by atoms with Crippen molar-refractivity contribution in [2.45, 2.75) is 12.4 Å². The van der Waals surface area contributed by atoms with Gasteiger partial charge in [0.1, 0.15) is 0 Å². The molecule has 2 aromatic carbocycles. The molecule has 0 aliphatic carbocycles.